The van der Waals surface area contributed by atoms with E-state index in [0.717, 1.165) is 5.13 Å². The van der Waals surface area contributed by atoms with Gasteiger partial charge in [-0.2, -0.15) is 4.98 Å². The molecule has 2 aromatic heterocycles. The highest BCUT2D eigenvalue weighted by Gasteiger charge is 2.24. The predicted octanol–water partition coefficient (Wildman–Crippen LogP) is -0.305. The maximum Gasteiger partial charge on any atom is 0.227 e. The van der Waals surface area contributed by atoms with Crippen LogP contribution in [-0.4, -0.2) is 57.4 Å². The first kappa shape index (κ1) is 14.9. The van der Waals surface area contributed by atoms with E-state index in [0.29, 0.717) is 43.6 Å². The molecular weight excluding hydrogens is 304 g/mol. The fourth-order valence-electron chi connectivity index (χ4n) is 2.37. The van der Waals surface area contributed by atoms with Crippen molar-refractivity contribution in [1.29, 1.82) is 0 Å². The van der Waals surface area contributed by atoms with Gasteiger partial charge in [0.25, 0.3) is 0 Å². The van der Waals surface area contributed by atoms with Crippen molar-refractivity contribution in [3.05, 3.63) is 23.3 Å². The maximum atomic E-state index is 10.2. The third kappa shape index (κ3) is 3.26. The highest BCUT2D eigenvalue weighted by molar-refractivity contribution is 7.13. The van der Waals surface area contributed by atoms with E-state index in [2.05, 4.69) is 15.0 Å². The minimum absolute atomic E-state index is 0.0733. The average molecular weight is 322 g/mol. The molecule has 1 saturated heterocycles. The zero-order chi connectivity index (χ0) is 15.5. The molecule has 0 aliphatic carbocycles. The normalized spacial score (nSPS) is 19.3. The monoisotopic (exact) mass is 322 g/mol. The van der Waals surface area contributed by atoms with Gasteiger partial charge in [-0.05, 0) is 6.07 Å². The number of nitrogens with two attached hydrogens (primary N) is 1. The van der Waals surface area contributed by atoms with Crippen LogP contribution in [0.2, 0.25) is 0 Å². The molecule has 3 rings (SSSR count). The Balaban J connectivity index is 1.75. The number of aromatic nitrogens is 3. The lowest BCUT2D eigenvalue weighted by Gasteiger charge is -2.21. The third-order valence-corrected chi connectivity index (χ3v) is 4.37. The summed E-state index contributed by atoms with van der Waals surface area (Å²) in [7, 11) is 0. The summed E-state index contributed by atoms with van der Waals surface area (Å²) in [6.45, 7) is 2.20. The zero-order valence-electron chi connectivity index (χ0n) is 12.0. The molecule has 0 radical (unpaired) electrons. The summed E-state index contributed by atoms with van der Waals surface area (Å²) in [5.74, 6) is 0.934. The molecule has 4 N–H and O–H groups in total. The second-order valence-electron chi connectivity index (χ2n) is 5.11. The Labute approximate surface area is 131 Å². The summed E-state index contributed by atoms with van der Waals surface area (Å²) in [6.07, 6.45) is 1.06. The maximum absolute atomic E-state index is 10.2. The first-order chi connectivity index (χ1) is 10.7. The molecule has 1 fully saturated rings. The van der Waals surface area contributed by atoms with Gasteiger partial charge in [0.2, 0.25) is 5.95 Å². The van der Waals surface area contributed by atoms with E-state index in [4.69, 9.17) is 10.8 Å². The number of rotatable bonds is 3. The Hall–Kier alpha value is -1.97. The molecule has 22 heavy (non-hydrogen) atoms. The summed E-state index contributed by atoms with van der Waals surface area (Å²) < 4.78 is 0. The summed E-state index contributed by atoms with van der Waals surface area (Å²) in [6, 6.07) is 1.63. The molecule has 0 spiro atoms. The zero-order valence-corrected chi connectivity index (χ0v) is 12.8. The molecule has 1 aliphatic heterocycles. The van der Waals surface area contributed by atoms with Gasteiger partial charge in [-0.3, -0.25) is 0 Å². The Morgan fingerprint density at radius 3 is 2.77 bits per heavy atom. The predicted molar refractivity (Wildman–Crippen MR) is 84.9 cm³/mol. The summed E-state index contributed by atoms with van der Waals surface area (Å²) in [4.78, 5) is 16.7. The van der Waals surface area contributed by atoms with Crippen LogP contribution in [0.4, 0.5) is 16.9 Å². The molecular formula is C13H18N6O2S. The molecule has 1 atom stereocenters. The van der Waals surface area contributed by atoms with Crippen molar-refractivity contribution in [2.75, 3.05) is 41.7 Å². The van der Waals surface area contributed by atoms with E-state index >= 15 is 0 Å². The minimum atomic E-state index is -0.547. The van der Waals surface area contributed by atoms with Gasteiger partial charge < -0.3 is 25.7 Å². The number of hydrogen-bond donors (Lipinski definition) is 3. The van der Waals surface area contributed by atoms with E-state index in [1.54, 1.807) is 12.3 Å². The van der Waals surface area contributed by atoms with Crippen molar-refractivity contribution in [2.24, 2.45) is 0 Å². The van der Waals surface area contributed by atoms with E-state index in [1.807, 2.05) is 15.2 Å². The fraction of sp³-hybridized carbons (Fsp3) is 0.462. The van der Waals surface area contributed by atoms with E-state index < -0.39 is 6.10 Å². The first-order valence-electron chi connectivity index (χ1n) is 6.97. The minimum Gasteiger partial charge on any atom is -0.390 e. The summed E-state index contributed by atoms with van der Waals surface area (Å²) in [5.41, 5.74) is 6.34. The van der Waals surface area contributed by atoms with Crippen LogP contribution in [0.25, 0.3) is 0 Å². The smallest absolute Gasteiger partial charge is 0.227 e. The van der Waals surface area contributed by atoms with Gasteiger partial charge in [-0.15, -0.1) is 11.3 Å². The van der Waals surface area contributed by atoms with E-state index in [-0.39, 0.29) is 6.61 Å². The van der Waals surface area contributed by atoms with Gasteiger partial charge in [0.1, 0.15) is 5.82 Å². The molecule has 0 aromatic carbocycles. The molecule has 9 heteroatoms. The summed E-state index contributed by atoms with van der Waals surface area (Å²) in [5, 5.41) is 22.0. The van der Waals surface area contributed by atoms with Gasteiger partial charge in [-0.25, -0.2) is 9.97 Å². The number of thiazole rings is 1. The second kappa shape index (κ2) is 6.42. The molecule has 0 saturated carbocycles. The Bertz CT molecular complexity index is 636. The lowest BCUT2D eigenvalue weighted by atomic mass is 10.3. The quantitative estimate of drug-likeness (QED) is 0.706. The van der Waals surface area contributed by atoms with Crippen LogP contribution in [0.3, 0.4) is 0 Å². The molecule has 3 heterocycles. The first-order valence-corrected chi connectivity index (χ1v) is 7.85. The number of nitrogens with zero attached hydrogens (tertiary/aromatic N) is 5. The average Bonchev–Trinajstić information content (AvgIpc) is 2.90. The number of aliphatic hydroxyl groups is 2. The molecule has 8 nitrogen and oxygen atoms in total. The Kier molecular flexibility index (Phi) is 4.36. The van der Waals surface area contributed by atoms with Crippen LogP contribution in [0.15, 0.2) is 17.6 Å². The molecule has 118 valence electrons. The van der Waals surface area contributed by atoms with Gasteiger partial charge >= 0.3 is 0 Å². The highest BCUT2D eigenvalue weighted by atomic mass is 32.1. The van der Waals surface area contributed by atoms with Crippen molar-refractivity contribution in [3.8, 4) is 0 Å². The standard InChI is InChI=1S/C13H18N6O2S/c14-11-1-2-15-12(17-11)18-3-4-19(6-10(21)5-18)13-16-9(7-20)8-22-13/h1-2,8,10,20-21H,3-7H2,(H2,14,15,17). The number of anilines is 3. The molecule has 2 aromatic rings. The lowest BCUT2D eigenvalue weighted by Crippen LogP contribution is -2.34. The van der Waals surface area contributed by atoms with E-state index in [9.17, 15) is 5.11 Å². The largest absolute Gasteiger partial charge is 0.390 e. The molecule has 1 aliphatic rings. The van der Waals surface area contributed by atoms with Crippen molar-refractivity contribution in [2.45, 2.75) is 12.7 Å². The Morgan fingerprint density at radius 1 is 1.27 bits per heavy atom. The van der Waals surface area contributed by atoms with Crippen LogP contribution >= 0.6 is 11.3 Å². The number of nitrogen functional groups attached to an aromatic ring is 1. The van der Waals surface area contributed by atoms with Crippen LogP contribution in [0, 0.1) is 0 Å². The molecule has 0 bridgehead atoms. The van der Waals surface area contributed by atoms with Crippen LogP contribution in [0.5, 0.6) is 0 Å². The molecule has 1 unspecified atom stereocenters. The second-order valence-corrected chi connectivity index (χ2v) is 5.94. The van der Waals surface area contributed by atoms with Crippen LogP contribution in [-0.2, 0) is 6.61 Å². The highest BCUT2D eigenvalue weighted by Crippen LogP contribution is 2.23. The van der Waals surface area contributed by atoms with Crippen LogP contribution < -0.4 is 15.5 Å². The fourth-order valence-corrected chi connectivity index (χ4v) is 3.23. The molecule has 0 amide bonds. The lowest BCUT2D eigenvalue weighted by molar-refractivity contribution is 0.190. The van der Waals surface area contributed by atoms with Gasteiger partial charge in [0.15, 0.2) is 5.13 Å². The van der Waals surface area contributed by atoms with Gasteiger partial charge in [0.05, 0.1) is 18.4 Å². The third-order valence-electron chi connectivity index (χ3n) is 3.42. The van der Waals surface area contributed by atoms with Crippen molar-refractivity contribution >= 4 is 28.2 Å². The number of hydrogen-bond acceptors (Lipinski definition) is 9. The van der Waals surface area contributed by atoms with Gasteiger partial charge in [0, 0.05) is 37.8 Å². The SMILES string of the molecule is Nc1ccnc(N2CCN(c3nc(CO)cs3)CC(O)C2)n1. The van der Waals surface area contributed by atoms with Gasteiger partial charge in [-0.1, -0.05) is 0 Å². The number of β-amino-alcohol motifs (C(OH)–C–C–N with tert-alkyl or cyclic N) is 1. The number of aliphatic hydroxyl groups excluding tert-OH is 2. The van der Waals surface area contributed by atoms with Crippen molar-refractivity contribution in [3.63, 3.8) is 0 Å². The van der Waals surface area contributed by atoms with E-state index in [1.165, 1.54) is 11.3 Å². The van der Waals surface area contributed by atoms with Crippen molar-refractivity contribution < 1.29 is 10.2 Å². The Morgan fingerprint density at radius 2 is 2.05 bits per heavy atom. The van der Waals surface area contributed by atoms with Crippen LogP contribution in [0.1, 0.15) is 5.69 Å². The summed E-state index contributed by atoms with van der Waals surface area (Å²) >= 11 is 1.47. The topological polar surface area (TPSA) is 112 Å². The van der Waals surface area contributed by atoms with Crippen molar-refractivity contribution in [1.82, 2.24) is 15.0 Å².